The van der Waals surface area contributed by atoms with E-state index in [9.17, 15) is 18.8 Å². The molecule has 0 radical (unpaired) electrons. The van der Waals surface area contributed by atoms with Crippen LogP contribution in [0.3, 0.4) is 0 Å². The van der Waals surface area contributed by atoms with E-state index in [0.717, 1.165) is 29.8 Å². The van der Waals surface area contributed by atoms with Crippen LogP contribution in [0.25, 0.3) is 11.3 Å². The van der Waals surface area contributed by atoms with Gasteiger partial charge in [0.1, 0.15) is 5.82 Å². The van der Waals surface area contributed by atoms with Gasteiger partial charge < -0.3 is 25.2 Å². The quantitative estimate of drug-likeness (QED) is 0.249. The number of aryl methyl sites for hydroxylation is 1. The smallest absolute Gasteiger partial charge is 0.305 e. The van der Waals surface area contributed by atoms with Crippen LogP contribution in [0.1, 0.15) is 36.5 Å². The second-order valence-electron chi connectivity index (χ2n) is 10.2. The summed E-state index contributed by atoms with van der Waals surface area (Å²) in [6, 6.07) is 19.3. The number of nitrogens with zero attached hydrogens (tertiary/aromatic N) is 2. The molecule has 3 aromatic carbocycles. The third kappa shape index (κ3) is 7.37. The number of amides is 2. The Balaban J connectivity index is 1.66. The zero-order valence-electron chi connectivity index (χ0n) is 23.8. The lowest BCUT2D eigenvalue weighted by Crippen LogP contribution is -2.31. The summed E-state index contributed by atoms with van der Waals surface area (Å²) >= 11 is 0. The third-order valence-corrected chi connectivity index (χ3v) is 6.88. The fraction of sp³-hybridized carbons (Fsp3) is 0.281. The van der Waals surface area contributed by atoms with Gasteiger partial charge in [-0.05, 0) is 87.1 Å². The predicted octanol–water partition coefficient (Wildman–Crippen LogP) is 5.17. The van der Waals surface area contributed by atoms with Crippen molar-refractivity contribution in [2.75, 3.05) is 49.8 Å². The molecule has 8 nitrogen and oxygen atoms in total. The van der Waals surface area contributed by atoms with Gasteiger partial charge in [-0.1, -0.05) is 24.3 Å². The van der Waals surface area contributed by atoms with Crippen LogP contribution in [0.4, 0.5) is 21.5 Å². The number of halogens is 1. The standard InChI is InChI=1S/C32H35FN4O4/c1-21(38)37(19-5-18-36(2)3)26-14-12-25(13-15-26)34-31(23-9-6-22(7-10-23)8-17-29(39)41-4)30-27-16-11-24(33)20-28(27)35-32(30)40/h6-7,9-16,20,34H,5,8,17-19H2,1-4H3,(H,35,40)/b31-30-. The van der Waals surface area contributed by atoms with E-state index in [-0.39, 0.29) is 24.2 Å². The van der Waals surface area contributed by atoms with Gasteiger partial charge in [0, 0.05) is 36.8 Å². The molecular formula is C32H35FN4O4. The van der Waals surface area contributed by atoms with Gasteiger partial charge in [0.2, 0.25) is 5.91 Å². The van der Waals surface area contributed by atoms with Crippen LogP contribution in [-0.4, -0.2) is 57.0 Å². The molecule has 214 valence electrons. The summed E-state index contributed by atoms with van der Waals surface area (Å²) in [5.41, 5.74) is 5.13. The molecule has 0 aromatic heterocycles. The molecule has 0 atom stereocenters. The highest BCUT2D eigenvalue weighted by Gasteiger charge is 2.29. The number of carbonyl (C=O) groups excluding carboxylic acids is 3. The molecule has 2 amide bonds. The minimum absolute atomic E-state index is 0.0361. The van der Waals surface area contributed by atoms with Gasteiger partial charge in [0.25, 0.3) is 5.91 Å². The molecular weight excluding hydrogens is 523 g/mol. The Morgan fingerprint density at radius 3 is 2.32 bits per heavy atom. The maximum absolute atomic E-state index is 13.9. The minimum Gasteiger partial charge on any atom is -0.469 e. The molecule has 41 heavy (non-hydrogen) atoms. The lowest BCUT2D eigenvalue weighted by molar-refractivity contribution is -0.140. The second kappa shape index (κ2) is 13.2. The Labute approximate surface area is 239 Å². The highest BCUT2D eigenvalue weighted by Crippen LogP contribution is 2.38. The Kier molecular flexibility index (Phi) is 9.52. The maximum Gasteiger partial charge on any atom is 0.305 e. The summed E-state index contributed by atoms with van der Waals surface area (Å²) < 4.78 is 18.7. The van der Waals surface area contributed by atoms with Gasteiger partial charge in [-0.2, -0.15) is 0 Å². The minimum atomic E-state index is -0.439. The van der Waals surface area contributed by atoms with Crippen molar-refractivity contribution in [1.29, 1.82) is 0 Å². The van der Waals surface area contributed by atoms with Gasteiger partial charge in [-0.25, -0.2) is 4.39 Å². The van der Waals surface area contributed by atoms with Crippen LogP contribution < -0.4 is 15.5 Å². The molecule has 0 saturated heterocycles. The second-order valence-corrected chi connectivity index (χ2v) is 10.2. The number of hydrogen-bond acceptors (Lipinski definition) is 6. The number of nitrogens with one attached hydrogen (secondary N) is 2. The maximum atomic E-state index is 13.9. The number of methoxy groups -OCH3 is 1. The summed E-state index contributed by atoms with van der Waals surface area (Å²) in [5.74, 6) is -1.10. The lowest BCUT2D eigenvalue weighted by atomic mass is 9.98. The van der Waals surface area contributed by atoms with Gasteiger partial charge in [0.05, 0.1) is 24.1 Å². The van der Waals surface area contributed by atoms with Crippen molar-refractivity contribution in [1.82, 2.24) is 4.90 Å². The van der Waals surface area contributed by atoms with E-state index in [1.54, 1.807) is 17.9 Å². The van der Waals surface area contributed by atoms with E-state index in [2.05, 4.69) is 15.5 Å². The van der Waals surface area contributed by atoms with E-state index in [0.29, 0.717) is 41.2 Å². The topological polar surface area (TPSA) is 91.0 Å². The van der Waals surface area contributed by atoms with Crippen molar-refractivity contribution in [2.45, 2.75) is 26.2 Å². The van der Waals surface area contributed by atoms with Crippen molar-refractivity contribution >= 4 is 46.1 Å². The first-order valence-corrected chi connectivity index (χ1v) is 13.5. The summed E-state index contributed by atoms with van der Waals surface area (Å²) in [6.45, 7) is 3.03. The van der Waals surface area contributed by atoms with Crippen LogP contribution in [0.2, 0.25) is 0 Å². The average molecular weight is 559 g/mol. The molecule has 1 aliphatic rings. The van der Waals surface area contributed by atoms with Crippen LogP contribution in [0, 0.1) is 5.82 Å². The van der Waals surface area contributed by atoms with E-state index >= 15 is 0 Å². The van der Waals surface area contributed by atoms with Crippen LogP contribution >= 0.6 is 0 Å². The molecule has 3 aromatic rings. The molecule has 1 aliphatic heterocycles. The summed E-state index contributed by atoms with van der Waals surface area (Å²) in [5, 5.41) is 6.16. The lowest BCUT2D eigenvalue weighted by Gasteiger charge is -2.23. The highest BCUT2D eigenvalue weighted by molar-refractivity contribution is 6.37. The van der Waals surface area contributed by atoms with Gasteiger partial charge in [0.15, 0.2) is 0 Å². The number of carbonyl (C=O) groups is 3. The number of fused-ring (bicyclic) bond motifs is 1. The van der Waals surface area contributed by atoms with Crippen molar-refractivity contribution < 1.29 is 23.5 Å². The van der Waals surface area contributed by atoms with E-state index in [4.69, 9.17) is 4.74 Å². The molecule has 0 unspecified atom stereocenters. The monoisotopic (exact) mass is 558 g/mol. The molecule has 0 aliphatic carbocycles. The van der Waals surface area contributed by atoms with Crippen LogP contribution in [0.15, 0.2) is 66.7 Å². The first kappa shape index (κ1) is 29.5. The van der Waals surface area contributed by atoms with Gasteiger partial charge in [-0.3, -0.25) is 14.4 Å². The number of rotatable bonds is 11. The van der Waals surface area contributed by atoms with Crippen LogP contribution in [-0.2, 0) is 25.5 Å². The molecule has 0 spiro atoms. The summed E-state index contributed by atoms with van der Waals surface area (Å²) in [7, 11) is 5.36. The van der Waals surface area contributed by atoms with E-state index < -0.39 is 5.82 Å². The van der Waals surface area contributed by atoms with E-state index in [1.807, 2.05) is 62.6 Å². The first-order chi connectivity index (χ1) is 19.7. The number of hydrogen-bond donors (Lipinski definition) is 2. The number of ether oxygens (including phenoxy) is 1. The third-order valence-electron chi connectivity index (χ3n) is 6.88. The number of benzene rings is 3. The molecule has 0 bridgehead atoms. The molecule has 1 heterocycles. The first-order valence-electron chi connectivity index (χ1n) is 13.5. The fourth-order valence-electron chi connectivity index (χ4n) is 4.74. The Hall–Kier alpha value is -4.50. The van der Waals surface area contributed by atoms with Gasteiger partial charge >= 0.3 is 5.97 Å². The summed E-state index contributed by atoms with van der Waals surface area (Å²) in [6.07, 6.45) is 1.63. The molecule has 0 saturated carbocycles. The normalized spacial score (nSPS) is 13.5. The number of anilines is 3. The van der Waals surface area contributed by atoms with Gasteiger partial charge in [-0.15, -0.1) is 0 Å². The molecule has 9 heteroatoms. The van der Waals surface area contributed by atoms with Crippen molar-refractivity contribution in [2.24, 2.45) is 0 Å². The van der Waals surface area contributed by atoms with E-state index in [1.165, 1.54) is 19.2 Å². The Morgan fingerprint density at radius 1 is 0.976 bits per heavy atom. The fourth-order valence-corrected chi connectivity index (χ4v) is 4.74. The van der Waals surface area contributed by atoms with Crippen molar-refractivity contribution in [3.8, 4) is 0 Å². The average Bonchev–Trinajstić information content (AvgIpc) is 3.27. The zero-order valence-corrected chi connectivity index (χ0v) is 23.8. The SMILES string of the molecule is COC(=O)CCc1ccc(/C(Nc2ccc(N(CCCN(C)C)C(C)=O)cc2)=C2/C(=O)Nc3cc(F)ccc32)cc1. The predicted molar refractivity (Wildman–Crippen MR) is 160 cm³/mol. The zero-order chi connectivity index (χ0) is 29.5. The van der Waals surface area contributed by atoms with Crippen molar-refractivity contribution in [3.63, 3.8) is 0 Å². The summed E-state index contributed by atoms with van der Waals surface area (Å²) in [4.78, 5) is 40.9. The largest absolute Gasteiger partial charge is 0.469 e. The Bertz CT molecular complexity index is 1450. The molecule has 2 N–H and O–H groups in total. The number of esters is 1. The van der Waals surface area contributed by atoms with Crippen LogP contribution in [0.5, 0.6) is 0 Å². The molecule has 4 rings (SSSR count). The Morgan fingerprint density at radius 2 is 1.68 bits per heavy atom. The molecule has 0 fully saturated rings. The highest BCUT2D eigenvalue weighted by atomic mass is 19.1. The van der Waals surface area contributed by atoms with Crippen molar-refractivity contribution in [3.05, 3.63) is 89.2 Å².